The van der Waals surface area contributed by atoms with Crippen molar-refractivity contribution in [1.82, 2.24) is 0 Å². The van der Waals surface area contributed by atoms with Gasteiger partial charge in [-0.05, 0) is 86.6 Å². The molecule has 0 atom stereocenters. The van der Waals surface area contributed by atoms with Crippen molar-refractivity contribution < 1.29 is 0 Å². The molecule has 1 heterocycles. The molecule has 0 unspecified atom stereocenters. The van der Waals surface area contributed by atoms with Gasteiger partial charge in [0, 0.05) is 42.6 Å². The zero-order valence-corrected chi connectivity index (χ0v) is 26.1. The number of rotatable bonds is 4. The van der Waals surface area contributed by atoms with E-state index in [1.54, 1.807) is 0 Å². The normalized spacial score (nSPS) is 13.3. The Kier molecular flexibility index (Phi) is 5.78. The average molecular weight is 594 g/mol. The summed E-state index contributed by atoms with van der Waals surface area (Å²) in [6.45, 7) is 4.75. The van der Waals surface area contributed by atoms with Crippen LogP contribution >= 0.6 is 11.3 Å². The van der Waals surface area contributed by atoms with Crippen LogP contribution in [0, 0.1) is 0 Å². The van der Waals surface area contributed by atoms with Crippen LogP contribution in [0.25, 0.3) is 53.2 Å². The second-order valence-corrected chi connectivity index (χ2v) is 13.7. The van der Waals surface area contributed by atoms with Crippen molar-refractivity contribution in [2.45, 2.75) is 19.3 Å². The van der Waals surface area contributed by atoms with E-state index in [0.29, 0.717) is 0 Å². The van der Waals surface area contributed by atoms with E-state index < -0.39 is 0 Å². The second-order valence-electron chi connectivity index (χ2n) is 12.6. The summed E-state index contributed by atoms with van der Waals surface area (Å²) in [6.07, 6.45) is 0. The fourth-order valence-electron chi connectivity index (χ4n) is 7.48. The molecular weight excluding hydrogens is 563 g/mol. The molecule has 0 radical (unpaired) electrons. The number of hydrogen-bond acceptors (Lipinski definition) is 2. The summed E-state index contributed by atoms with van der Waals surface area (Å²) in [5.74, 6) is 0. The Balaban J connectivity index is 1.25. The first-order valence-electron chi connectivity index (χ1n) is 15.6. The third-order valence-corrected chi connectivity index (χ3v) is 10.8. The van der Waals surface area contributed by atoms with E-state index in [1.807, 2.05) is 11.3 Å². The van der Waals surface area contributed by atoms with Crippen LogP contribution in [-0.4, -0.2) is 0 Å². The Hall–Kier alpha value is -5.18. The lowest BCUT2D eigenvalue weighted by atomic mass is 9.80. The molecule has 9 rings (SSSR count). The molecule has 0 saturated heterocycles. The molecule has 8 aromatic rings. The van der Waals surface area contributed by atoms with E-state index >= 15 is 0 Å². The van der Waals surface area contributed by atoms with Gasteiger partial charge < -0.3 is 4.90 Å². The highest BCUT2D eigenvalue weighted by molar-refractivity contribution is 7.25. The topological polar surface area (TPSA) is 3.24 Å². The van der Waals surface area contributed by atoms with Crippen molar-refractivity contribution in [1.29, 1.82) is 0 Å². The first kappa shape index (κ1) is 26.2. The fraction of sp³-hybridized carbons (Fsp3) is 0.0698. The van der Waals surface area contributed by atoms with Crippen LogP contribution < -0.4 is 4.90 Å². The van der Waals surface area contributed by atoms with Crippen LogP contribution in [0.3, 0.4) is 0 Å². The van der Waals surface area contributed by atoms with E-state index in [9.17, 15) is 0 Å². The Morgan fingerprint density at radius 1 is 0.467 bits per heavy atom. The summed E-state index contributed by atoms with van der Waals surface area (Å²) in [7, 11) is 0. The molecule has 0 bridgehead atoms. The lowest BCUT2D eigenvalue weighted by Gasteiger charge is -2.28. The van der Waals surface area contributed by atoms with Gasteiger partial charge in [0.25, 0.3) is 0 Å². The Bertz CT molecular complexity index is 2400. The Morgan fingerprint density at radius 2 is 1.11 bits per heavy atom. The Labute approximate surface area is 267 Å². The van der Waals surface area contributed by atoms with Crippen molar-refractivity contribution in [3.05, 3.63) is 163 Å². The summed E-state index contributed by atoms with van der Waals surface area (Å²) >= 11 is 1.87. The summed E-state index contributed by atoms with van der Waals surface area (Å²) < 4.78 is 2.63. The maximum absolute atomic E-state index is 2.42. The summed E-state index contributed by atoms with van der Waals surface area (Å²) in [4.78, 5) is 2.42. The molecule has 0 spiro atoms. The molecule has 0 saturated carbocycles. The smallest absolute Gasteiger partial charge is 0.0476 e. The van der Waals surface area contributed by atoms with Crippen molar-refractivity contribution in [2.24, 2.45) is 0 Å². The molecule has 0 aliphatic heterocycles. The Morgan fingerprint density at radius 3 is 1.98 bits per heavy atom. The molecular formula is C43H31NS. The highest BCUT2D eigenvalue weighted by atomic mass is 32.1. The fourth-order valence-corrected chi connectivity index (χ4v) is 8.62. The van der Waals surface area contributed by atoms with Gasteiger partial charge in [-0.1, -0.05) is 123 Å². The predicted octanol–water partition coefficient (Wildman–Crippen LogP) is 12.7. The van der Waals surface area contributed by atoms with Gasteiger partial charge in [-0.25, -0.2) is 0 Å². The first-order chi connectivity index (χ1) is 22.1. The minimum Gasteiger partial charge on any atom is -0.310 e. The lowest BCUT2D eigenvalue weighted by Crippen LogP contribution is -2.16. The molecule has 1 aliphatic carbocycles. The second kappa shape index (κ2) is 9.92. The molecule has 0 N–H and O–H groups in total. The number of nitrogens with zero attached hydrogens (tertiary/aromatic N) is 1. The van der Waals surface area contributed by atoms with E-state index in [1.165, 1.54) is 64.3 Å². The third-order valence-electron chi connectivity index (χ3n) is 9.63. The van der Waals surface area contributed by atoms with Crippen molar-refractivity contribution in [3.63, 3.8) is 0 Å². The van der Waals surface area contributed by atoms with Crippen molar-refractivity contribution in [2.75, 3.05) is 4.90 Å². The van der Waals surface area contributed by atoms with Gasteiger partial charge in [-0.3, -0.25) is 0 Å². The van der Waals surface area contributed by atoms with Crippen molar-refractivity contribution >= 4 is 59.3 Å². The molecule has 0 amide bonds. The van der Waals surface area contributed by atoms with Crippen LogP contribution in [0.4, 0.5) is 17.1 Å². The lowest BCUT2D eigenvalue weighted by molar-refractivity contribution is 0.666. The number of thiophene rings is 1. The van der Waals surface area contributed by atoms with Crippen LogP contribution in [0.1, 0.15) is 25.0 Å². The first-order valence-corrected chi connectivity index (χ1v) is 16.4. The van der Waals surface area contributed by atoms with Gasteiger partial charge in [-0.2, -0.15) is 0 Å². The SMILES string of the molecule is CC1(C)c2ccccc2-c2ccc3ccc(N(c4ccc(-c5ccccc5)cc4)c4ccc5c(c4)sc4ccccc45)cc3c21. The van der Waals surface area contributed by atoms with E-state index in [-0.39, 0.29) is 5.41 Å². The van der Waals surface area contributed by atoms with Crippen LogP contribution in [-0.2, 0) is 5.41 Å². The zero-order chi connectivity index (χ0) is 30.1. The molecule has 1 aromatic heterocycles. The number of fused-ring (bicyclic) bond motifs is 8. The number of benzene rings is 7. The monoisotopic (exact) mass is 593 g/mol. The van der Waals surface area contributed by atoms with E-state index in [4.69, 9.17) is 0 Å². The standard InChI is InChI=1S/C43H31NS/c1-43(2)39-14-8-6-12-34(39)37-24-19-30-18-22-32(26-38(30)42(37)43)44(31-20-16-29(17-21-31)28-10-4-3-5-11-28)33-23-25-36-35-13-7-9-15-40(35)45-41(36)27-33/h3-27H,1-2H3. The molecule has 7 aromatic carbocycles. The van der Waals surface area contributed by atoms with Crippen LogP contribution in [0.15, 0.2) is 152 Å². The van der Waals surface area contributed by atoms with Gasteiger partial charge in [0.15, 0.2) is 0 Å². The van der Waals surface area contributed by atoms with Gasteiger partial charge in [0.1, 0.15) is 0 Å². The molecule has 1 nitrogen and oxygen atoms in total. The van der Waals surface area contributed by atoms with E-state index in [0.717, 1.165) is 17.1 Å². The molecule has 1 aliphatic rings. The predicted molar refractivity (Wildman–Crippen MR) is 195 cm³/mol. The van der Waals surface area contributed by atoms with Crippen LogP contribution in [0.5, 0.6) is 0 Å². The van der Waals surface area contributed by atoms with Gasteiger partial charge in [0.2, 0.25) is 0 Å². The summed E-state index contributed by atoms with van der Waals surface area (Å²) in [6, 6.07) is 55.8. The molecule has 214 valence electrons. The van der Waals surface area contributed by atoms with Crippen LogP contribution in [0.2, 0.25) is 0 Å². The minimum absolute atomic E-state index is 0.0811. The minimum atomic E-state index is -0.0811. The average Bonchev–Trinajstić information content (AvgIpc) is 3.57. The highest BCUT2D eigenvalue weighted by Gasteiger charge is 2.36. The highest BCUT2D eigenvalue weighted by Crippen LogP contribution is 2.52. The van der Waals surface area contributed by atoms with Gasteiger partial charge in [-0.15, -0.1) is 11.3 Å². The third kappa shape index (κ3) is 4.06. The van der Waals surface area contributed by atoms with Gasteiger partial charge in [0.05, 0.1) is 0 Å². The van der Waals surface area contributed by atoms with Gasteiger partial charge >= 0.3 is 0 Å². The molecule has 2 heteroatoms. The largest absolute Gasteiger partial charge is 0.310 e. The number of anilines is 3. The molecule has 0 fully saturated rings. The molecule has 45 heavy (non-hydrogen) atoms. The van der Waals surface area contributed by atoms with Crippen molar-refractivity contribution in [3.8, 4) is 22.3 Å². The zero-order valence-electron chi connectivity index (χ0n) is 25.3. The summed E-state index contributed by atoms with van der Waals surface area (Å²) in [5, 5.41) is 5.23. The summed E-state index contributed by atoms with van der Waals surface area (Å²) in [5.41, 5.74) is 11.4. The quantitative estimate of drug-likeness (QED) is 0.196. The number of hydrogen-bond donors (Lipinski definition) is 0. The van der Waals surface area contributed by atoms with E-state index in [2.05, 4.69) is 170 Å². The maximum atomic E-state index is 2.42. The maximum Gasteiger partial charge on any atom is 0.0476 e.